The number of hydrogen-bond acceptors (Lipinski definition) is 4. The Bertz CT molecular complexity index is 1490. The molecule has 38 heavy (non-hydrogen) atoms. The third kappa shape index (κ3) is 4.76. The summed E-state index contributed by atoms with van der Waals surface area (Å²) in [5.41, 5.74) is 3.18. The molecule has 2 aliphatic rings. The first-order valence-corrected chi connectivity index (χ1v) is 12.8. The summed E-state index contributed by atoms with van der Waals surface area (Å²) < 4.78 is 31.1. The topological polar surface area (TPSA) is 80.1 Å². The minimum absolute atomic E-state index is 0.0610. The van der Waals surface area contributed by atoms with Crippen LogP contribution in [0.3, 0.4) is 0 Å². The minimum Gasteiger partial charge on any atom is -0.342 e. The van der Waals surface area contributed by atoms with Crippen LogP contribution < -0.4 is 5.32 Å². The number of alkyl halides is 1. The highest BCUT2D eigenvalue weighted by Gasteiger charge is 2.41. The molecule has 3 heterocycles. The summed E-state index contributed by atoms with van der Waals surface area (Å²) in [4.78, 5) is 36.6. The Hall–Kier alpha value is -4.14. The van der Waals surface area contributed by atoms with E-state index < -0.39 is 30.1 Å². The largest absolute Gasteiger partial charge is 0.342 e. The Morgan fingerprint density at radius 1 is 1.03 bits per heavy atom. The molecule has 0 unspecified atom stereocenters. The Morgan fingerprint density at radius 2 is 1.79 bits per heavy atom. The van der Waals surface area contributed by atoms with Crippen LogP contribution in [0.25, 0.3) is 11.0 Å². The second kappa shape index (κ2) is 9.96. The average molecular weight is 516 g/mol. The van der Waals surface area contributed by atoms with E-state index >= 15 is 0 Å². The van der Waals surface area contributed by atoms with E-state index in [2.05, 4.69) is 15.3 Å². The van der Waals surface area contributed by atoms with Crippen LogP contribution in [0, 0.1) is 5.95 Å². The van der Waals surface area contributed by atoms with E-state index in [9.17, 15) is 18.4 Å². The number of halogens is 2. The van der Waals surface area contributed by atoms with E-state index in [0.29, 0.717) is 16.8 Å². The van der Waals surface area contributed by atoms with Gasteiger partial charge in [-0.05, 0) is 42.5 Å². The molecule has 0 spiro atoms. The van der Waals surface area contributed by atoms with E-state index in [1.54, 1.807) is 23.0 Å². The van der Waals surface area contributed by atoms with Gasteiger partial charge < -0.3 is 14.8 Å². The summed E-state index contributed by atoms with van der Waals surface area (Å²) in [5, 5.41) is 2.93. The predicted molar refractivity (Wildman–Crippen MR) is 137 cm³/mol. The second-order valence-corrected chi connectivity index (χ2v) is 10.00. The first-order valence-electron chi connectivity index (χ1n) is 12.8. The number of nitrogens with one attached hydrogen (secondary N) is 1. The molecule has 2 fully saturated rings. The molecule has 0 radical (unpaired) electrons. The van der Waals surface area contributed by atoms with Crippen molar-refractivity contribution in [3.63, 3.8) is 0 Å². The highest BCUT2D eigenvalue weighted by atomic mass is 19.1. The number of aromatic nitrogens is 3. The van der Waals surface area contributed by atoms with Gasteiger partial charge in [0.25, 0.3) is 0 Å². The van der Waals surface area contributed by atoms with Gasteiger partial charge in [0, 0.05) is 12.0 Å². The Balaban J connectivity index is 1.24. The van der Waals surface area contributed by atoms with Crippen molar-refractivity contribution in [2.75, 3.05) is 6.54 Å². The van der Waals surface area contributed by atoms with Crippen LogP contribution in [0.15, 0.2) is 73.1 Å². The normalized spacial score (nSPS) is 20.0. The smallest absolute Gasteiger partial charge is 0.243 e. The standard InChI is InChI=1S/C29H27F2N5O2/c30-20-14-25(36(15-20)26(37)16-35-17-32-22-8-4-5-9-24(22)35)29(38)34-27(19-6-2-1-3-7-19)23-13-12-21(18-10-11-18)28(31)33-23/h1-9,12-13,17-18,20,25,27H,10-11,14-16H2,(H,34,38)/t20-,25+,27+/m1/s1. The zero-order valence-corrected chi connectivity index (χ0v) is 20.6. The number of rotatable bonds is 7. The fraction of sp³-hybridized carbons (Fsp3) is 0.310. The monoisotopic (exact) mass is 515 g/mol. The zero-order valence-electron chi connectivity index (χ0n) is 20.6. The summed E-state index contributed by atoms with van der Waals surface area (Å²) in [6.07, 6.45) is 2.03. The number of nitrogens with zero attached hydrogens (tertiary/aromatic N) is 4. The van der Waals surface area contributed by atoms with Crippen molar-refractivity contribution in [2.24, 2.45) is 0 Å². The molecule has 2 aromatic heterocycles. The van der Waals surface area contributed by atoms with E-state index in [1.807, 2.05) is 54.6 Å². The number of likely N-dealkylation sites (tertiary alicyclic amines) is 1. The highest BCUT2D eigenvalue weighted by molar-refractivity contribution is 5.89. The summed E-state index contributed by atoms with van der Waals surface area (Å²) in [5.74, 6) is -1.21. The van der Waals surface area contributed by atoms with Crippen molar-refractivity contribution in [3.05, 3.63) is 95.8 Å². The molecular formula is C29H27F2N5O2. The molecule has 2 aromatic carbocycles. The van der Waals surface area contributed by atoms with Gasteiger partial charge in [0.2, 0.25) is 17.8 Å². The molecular weight excluding hydrogens is 488 g/mol. The minimum atomic E-state index is -1.32. The predicted octanol–water partition coefficient (Wildman–Crippen LogP) is 4.29. The van der Waals surface area contributed by atoms with Gasteiger partial charge in [-0.15, -0.1) is 0 Å². The maximum atomic E-state index is 14.8. The number of pyridine rings is 1. The van der Waals surface area contributed by atoms with Gasteiger partial charge in [-0.25, -0.2) is 14.4 Å². The molecule has 2 amide bonds. The SMILES string of the molecule is O=C(N[C@@H](c1ccccc1)c1ccc(C2CC2)c(F)n1)[C@@H]1C[C@@H](F)CN1C(=O)Cn1cnc2ccccc21. The number of imidazole rings is 1. The molecule has 4 aromatic rings. The summed E-state index contributed by atoms with van der Waals surface area (Å²) >= 11 is 0. The lowest BCUT2D eigenvalue weighted by Gasteiger charge is -2.27. The molecule has 1 N–H and O–H groups in total. The van der Waals surface area contributed by atoms with Gasteiger partial charge in [-0.1, -0.05) is 48.5 Å². The Labute approximate surface area is 218 Å². The van der Waals surface area contributed by atoms with Crippen LogP contribution in [0.5, 0.6) is 0 Å². The number of hydrogen-bond donors (Lipinski definition) is 1. The molecule has 0 bridgehead atoms. The molecule has 7 nitrogen and oxygen atoms in total. The molecule has 1 aliphatic heterocycles. The first kappa shape index (κ1) is 24.2. The Kier molecular flexibility index (Phi) is 6.35. The van der Waals surface area contributed by atoms with Crippen LogP contribution in [0.2, 0.25) is 0 Å². The molecule has 1 saturated carbocycles. The van der Waals surface area contributed by atoms with E-state index in [1.165, 1.54) is 4.90 Å². The van der Waals surface area contributed by atoms with Crippen LogP contribution >= 0.6 is 0 Å². The fourth-order valence-corrected chi connectivity index (χ4v) is 5.21. The summed E-state index contributed by atoms with van der Waals surface area (Å²) in [6.45, 7) is -0.225. The lowest BCUT2D eigenvalue weighted by molar-refractivity contribution is -0.139. The molecule has 3 atom stereocenters. The average Bonchev–Trinajstić information content (AvgIpc) is 3.58. The van der Waals surface area contributed by atoms with Crippen molar-refractivity contribution in [2.45, 2.75) is 50.0 Å². The number of carbonyl (C=O) groups excluding carboxylic acids is 2. The van der Waals surface area contributed by atoms with Gasteiger partial charge >= 0.3 is 0 Å². The molecule has 1 saturated heterocycles. The molecule has 1 aliphatic carbocycles. The highest BCUT2D eigenvalue weighted by Crippen LogP contribution is 2.41. The quantitative estimate of drug-likeness (QED) is 0.373. The fourth-order valence-electron chi connectivity index (χ4n) is 5.21. The maximum absolute atomic E-state index is 14.8. The van der Waals surface area contributed by atoms with Gasteiger partial charge in [0.05, 0.1) is 35.6 Å². The maximum Gasteiger partial charge on any atom is 0.243 e. The van der Waals surface area contributed by atoms with Gasteiger partial charge in [-0.2, -0.15) is 4.39 Å². The summed E-state index contributed by atoms with van der Waals surface area (Å²) in [6, 6.07) is 18.3. The number of benzene rings is 2. The van der Waals surface area contributed by atoms with Crippen molar-refractivity contribution in [1.29, 1.82) is 0 Å². The van der Waals surface area contributed by atoms with Gasteiger partial charge in [0.15, 0.2) is 0 Å². The third-order valence-electron chi connectivity index (χ3n) is 7.34. The van der Waals surface area contributed by atoms with E-state index in [4.69, 9.17) is 0 Å². The molecule has 194 valence electrons. The van der Waals surface area contributed by atoms with Crippen molar-refractivity contribution < 1.29 is 18.4 Å². The van der Waals surface area contributed by atoms with E-state index in [0.717, 1.165) is 23.9 Å². The number of fused-ring (bicyclic) bond motifs is 1. The van der Waals surface area contributed by atoms with Gasteiger partial charge in [-0.3, -0.25) is 9.59 Å². The molecule has 6 rings (SSSR count). The van der Waals surface area contributed by atoms with Crippen molar-refractivity contribution in [1.82, 2.24) is 24.8 Å². The van der Waals surface area contributed by atoms with Crippen LogP contribution in [-0.4, -0.2) is 50.0 Å². The summed E-state index contributed by atoms with van der Waals surface area (Å²) in [7, 11) is 0. The Morgan fingerprint density at radius 3 is 2.55 bits per heavy atom. The number of amides is 2. The number of para-hydroxylation sites is 2. The van der Waals surface area contributed by atoms with Crippen LogP contribution in [0.4, 0.5) is 8.78 Å². The van der Waals surface area contributed by atoms with Crippen molar-refractivity contribution in [3.8, 4) is 0 Å². The van der Waals surface area contributed by atoms with Crippen LogP contribution in [-0.2, 0) is 16.1 Å². The zero-order chi connectivity index (χ0) is 26.2. The second-order valence-electron chi connectivity index (χ2n) is 10.00. The lowest BCUT2D eigenvalue weighted by Crippen LogP contribution is -2.48. The van der Waals surface area contributed by atoms with Gasteiger partial charge in [0.1, 0.15) is 18.8 Å². The van der Waals surface area contributed by atoms with E-state index in [-0.39, 0.29) is 31.3 Å². The third-order valence-corrected chi connectivity index (χ3v) is 7.34. The van der Waals surface area contributed by atoms with Crippen LogP contribution in [0.1, 0.15) is 48.0 Å². The first-order chi connectivity index (χ1) is 18.5. The molecule has 9 heteroatoms. The van der Waals surface area contributed by atoms with Crippen molar-refractivity contribution >= 4 is 22.8 Å². The lowest BCUT2D eigenvalue weighted by atomic mass is 10.0. The number of carbonyl (C=O) groups is 2.